The zero-order chi connectivity index (χ0) is 10.8. The van der Waals surface area contributed by atoms with Crippen molar-refractivity contribution in [1.29, 1.82) is 0 Å². The third kappa shape index (κ3) is 2.06. The van der Waals surface area contributed by atoms with Gasteiger partial charge in [0.2, 0.25) is 0 Å². The largest absolute Gasteiger partial charge is 0.396 e. The molecule has 1 aromatic heterocycles. The molecule has 0 spiro atoms. The van der Waals surface area contributed by atoms with E-state index in [1.807, 2.05) is 0 Å². The number of aryl methyl sites for hydroxylation is 1. The molecule has 0 saturated carbocycles. The lowest BCUT2D eigenvalue weighted by atomic mass is 10.1. The quantitative estimate of drug-likeness (QED) is 0.786. The molecule has 0 amide bonds. The number of aromatic nitrogens is 2. The molecule has 0 saturated heterocycles. The van der Waals surface area contributed by atoms with E-state index in [0.29, 0.717) is 0 Å². The molecule has 0 bridgehead atoms. The maximum Gasteiger partial charge on any atom is 0.105 e. The summed E-state index contributed by atoms with van der Waals surface area (Å²) in [6.45, 7) is 5.34. The van der Waals surface area contributed by atoms with Gasteiger partial charge in [-0.05, 0) is 13.3 Å². The first-order valence-corrected chi connectivity index (χ1v) is 5.56. The number of fused-ring (bicyclic) bond motifs is 1. The Morgan fingerprint density at radius 1 is 1.47 bits per heavy atom. The summed E-state index contributed by atoms with van der Waals surface area (Å²) >= 11 is 0. The third-order valence-corrected chi connectivity index (χ3v) is 3.19. The van der Waals surface area contributed by atoms with Crippen LogP contribution in [0.4, 0.5) is 0 Å². The van der Waals surface area contributed by atoms with E-state index in [4.69, 9.17) is 5.11 Å². The summed E-state index contributed by atoms with van der Waals surface area (Å²) in [5, 5.41) is 8.79. The Morgan fingerprint density at radius 3 is 3.00 bits per heavy atom. The SMILES string of the molecule is Cc1nc2c(n1C)CCN(CCCO)C2. The van der Waals surface area contributed by atoms with Crippen LogP contribution in [0.3, 0.4) is 0 Å². The van der Waals surface area contributed by atoms with Crippen LogP contribution in [0.25, 0.3) is 0 Å². The van der Waals surface area contributed by atoms with Gasteiger partial charge >= 0.3 is 0 Å². The fourth-order valence-electron chi connectivity index (χ4n) is 2.20. The van der Waals surface area contributed by atoms with Crippen LogP contribution in [0, 0.1) is 6.92 Å². The lowest BCUT2D eigenvalue weighted by Crippen LogP contribution is -2.32. The highest BCUT2D eigenvalue weighted by Crippen LogP contribution is 2.18. The highest BCUT2D eigenvalue weighted by molar-refractivity contribution is 5.19. The molecular formula is C11H19N3O. The minimum absolute atomic E-state index is 0.282. The molecule has 4 nitrogen and oxygen atoms in total. The van der Waals surface area contributed by atoms with Crippen molar-refractivity contribution in [1.82, 2.24) is 14.5 Å². The first kappa shape index (κ1) is 10.6. The van der Waals surface area contributed by atoms with Crippen LogP contribution in [0.1, 0.15) is 23.6 Å². The number of nitrogens with zero attached hydrogens (tertiary/aromatic N) is 3. The van der Waals surface area contributed by atoms with E-state index >= 15 is 0 Å². The summed E-state index contributed by atoms with van der Waals surface area (Å²) in [7, 11) is 2.09. The molecule has 2 heterocycles. The highest BCUT2D eigenvalue weighted by Gasteiger charge is 2.20. The molecule has 2 rings (SSSR count). The van der Waals surface area contributed by atoms with Gasteiger partial charge < -0.3 is 9.67 Å². The molecule has 0 fully saturated rings. The standard InChI is InChI=1S/C11H19N3O/c1-9-12-10-8-14(5-3-7-15)6-4-11(10)13(9)2/h15H,3-8H2,1-2H3. The topological polar surface area (TPSA) is 41.3 Å². The van der Waals surface area contributed by atoms with Crippen LogP contribution in [0.15, 0.2) is 0 Å². The second-order valence-electron chi connectivity index (χ2n) is 4.21. The normalized spacial score (nSPS) is 16.7. The van der Waals surface area contributed by atoms with Gasteiger partial charge in [0.05, 0.1) is 5.69 Å². The summed E-state index contributed by atoms with van der Waals surface area (Å²) in [6, 6.07) is 0. The second-order valence-corrected chi connectivity index (χ2v) is 4.21. The number of hydrogen-bond acceptors (Lipinski definition) is 3. The summed E-state index contributed by atoms with van der Waals surface area (Å²) < 4.78 is 2.19. The molecule has 1 aliphatic heterocycles. The number of aliphatic hydroxyl groups is 1. The van der Waals surface area contributed by atoms with Gasteiger partial charge in [-0.3, -0.25) is 4.90 Å². The Morgan fingerprint density at radius 2 is 2.27 bits per heavy atom. The first-order valence-electron chi connectivity index (χ1n) is 5.56. The molecule has 0 aliphatic carbocycles. The van der Waals surface area contributed by atoms with Gasteiger partial charge in [-0.15, -0.1) is 0 Å². The zero-order valence-electron chi connectivity index (χ0n) is 9.53. The predicted octanol–water partition coefficient (Wildman–Crippen LogP) is 0.469. The van der Waals surface area contributed by atoms with Gasteiger partial charge in [-0.25, -0.2) is 4.98 Å². The fourth-order valence-corrected chi connectivity index (χ4v) is 2.20. The lowest BCUT2D eigenvalue weighted by molar-refractivity contribution is 0.209. The summed E-state index contributed by atoms with van der Waals surface area (Å²) in [5.41, 5.74) is 2.60. The van der Waals surface area contributed by atoms with Gasteiger partial charge in [0, 0.05) is 45.4 Å². The van der Waals surface area contributed by atoms with Crippen molar-refractivity contribution in [3.8, 4) is 0 Å². The van der Waals surface area contributed by atoms with Crippen molar-refractivity contribution in [2.24, 2.45) is 7.05 Å². The summed E-state index contributed by atoms with van der Waals surface area (Å²) in [6.07, 6.45) is 1.94. The smallest absolute Gasteiger partial charge is 0.105 e. The van der Waals surface area contributed by atoms with E-state index in [-0.39, 0.29) is 6.61 Å². The van der Waals surface area contributed by atoms with Crippen molar-refractivity contribution < 1.29 is 5.11 Å². The summed E-state index contributed by atoms with van der Waals surface area (Å²) in [5.74, 6) is 1.10. The minimum atomic E-state index is 0.282. The van der Waals surface area contributed by atoms with Crippen LogP contribution < -0.4 is 0 Å². The van der Waals surface area contributed by atoms with Crippen molar-refractivity contribution in [3.05, 3.63) is 17.2 Å². The monoisotopic (exact) mass is 209 g/mol. The third-order valence-electron chi connectivity index (χ3n) is 3.19. The van der Waals surface area contributed by atoms with E-state index in [0.717, 1.165) is 38.3 Å². The van der Waals surface area contributed by atoms with Crippen LogP contribution in [0.5, 0.6) is 0 Å². The first-order chi connectivity index (χ1) is 7.22. The molecule has 1 aromatic rings. The molecular weight excluding hydrogens is 190 g/mol. The molecule has 0 unspecified atom stereocenters. The van der Waals surface area contributed by atoms with Gasteiger partial charge in [0.1, 0.15) is 5.82 Å². The van der Waals surface area contributed by atoms with Crippen molar-refractivity contribution >= 4 is 0 Å². The van der Waals surface area contributed by atoms with Gasteiger partial charge in [-0.1, -0.05) is 0 Å². The fraction of sp³-hybridized carbons (Fsp3) is 0.727. The molecule has 15 heavy (non-hydrogen) atoms. The van der Waals surface area contributed by atoms with E-state index < -0.39 is 0 Å². The van der Waals surface area contributed by atoms with Crippen molar-refractivity contribution in [3.63, 3.8) is 0 Å². The van der Waals surface area contributed by atoms with E-state index in [1.165, 1.54) is 11.4 Å². The maximum atomic E-state index is 8.79. The number of imidazole rings is 1. The molecule has 84 valence electrons. The Balaban J connectivity index is 2.07. The number of aliphatic hydroxyl groups excluding tert-OH is 1. The van der Waals surface area contributed by atoms with Crippen LogP contribution in [-0.2, 0) is 20.0 Å². The van der Waals surface area contributed by atoms with Crippen LogP contribution in [-0.4, -0.2) is 39.3 Å². The summed E-state index contributed by atoms with van der Waals surface area (Å²) in [4.78, 5) is 6.93. The Bertz CT molecular complexity index is 346. The van der Waals surface area contributed by atoms with Crippen LogP contribution in [0.2, 0.25) is 0 Å². The average Bonchev–Trinajstić information content (AvgIpc) is 2.52. The van der Waals surface area contributed by atoms with E-state index in [2.05, 4.69) is 28.4 Å². The Kier molecular flexibility index (Phi) is 3.07. The molecule has 1 aliphatic rings. The van der Waals surface area contributed by atoms with Crippen LogP contribution >= 0.6 is 0 Å². The van der Waals surface area contributed by atoms with Crippen molar-refractivity contribution in [2.45, 2.75) is 26.3 Å². The van der Waals surface area contributed by atoms with Gasteiger partial charge in [0.15, 0.2) is 0 Å². The molecule has 1 N–H and O–H groups in total. The second kappa shape index (κ2) is 4.33. The number of rotatable bonds is 3. The van der Waals surface area contributed by atoms with E-state index in [9.17, 15) is 0 Å². The maximum absolute atomic E-state index is 8.79. The molecule has 0 aromatic carbocycles. The molecule has 0 atom stereocenters. The lowest BCUT2D eigenvalue weighted by Gasteiger charge is -2.26. The molecule has 4 heteroatoms. The Hall–Kier alpha value is -0.870. The highest BCUT2D eigenvalue weighted by atomic mass is 16.3. The average molecular weight is 209 g/mol. The van der Waals surface area contributed by atoms with E-state index in [1.54, 1.807) is 0 Å². The number of hydrogen-bond donors (Lipinski definition) is 1. The van der Waals surface area contributed by atoms with Gasteiger partial charge in [-0.2, -0.15) is 0 Å². The minimum Gasteiger partial charge on any atom is -0.396 e. The predicted molar refractivity (Wildman–Crippen MR) is 58.6 cm³/mol. The zero-order valence-corrected chi connectivity index (χ0v) is 9.53. The van der Waals surface area contributed by atoms with Gasteiger partial charge in [0.25, 0.3) is 0 Å². The van der Waals surface area contributed by atoms with Crippen molar-refractivity contribution in [2.75, 3.05) is 19.7 Å². The Labute approximate surface area is 90.5 Å². The molecule has 0 radical (unpaired) electrons.